The van der Waals surface area contributed by atoms with Crippen molar-refractivity contribution in [1.82, 2.24) is 4.98 Å². The van der Waals surface area contributed by atoms with Crippen LogP contribution in [0, 0.1) is 10.1 Å². The van der Waals surface area contributed by atoms with Crippen LogP contribution in [0.25, 0.3) is 17.3 Å². The number of hydrogen-bond acceptors (Lipinski definition) is 6. The van der Waals surface area contributed by atoms with Crippen LogP contribution in [0.4, 0.5) is 10.8 Å². The molecule has 130 valence electrons. The molecule has 1 heterocycles. The fourth-order valence-corrected chi connectivity index (χ4v) is 2.85. The highest BCUT2D eigenvalue weighted by atomic mass is 32.1. The lowest BCUT2D eigenvalue weighted by Crippen LogP contribution is -1.94. The van der Waals surface area contributed by atoms with Crippen molar-refractivity contribution >= 4 is 33.9 Å². The molecule has 1 aromatic heterocycles. The lowest BCUT2D eigenvalue weighted by Gasteiger charge is -1.98. The third-order valence-electron chi connectivity index (χ3n) is 3.50. The molecule has 3 rings (SSSR count). The topological polar surface area (TPSA) is 80.4 Å². The molecule has 0 amide bonds. The van der Waals surface area contributed by atoms with Gasteiger partial charge in [-0.25, -0.2) is 4.98 Å². The van der Waals surface area contributed by atoms with E-state index in [4.69, 9.17) is 0 Å². The lowest BCUT2D eigenvalue weighted by molar-refractivity contribution is -0.384. The molecular formula is C19H16N4O2S. The second-order valence-electron chi connectivity index (χ2n) is 5.45. The number of allylic oxidation sites excluding steroid dienone is 1. The van der Waals surface area contributed by atoms with E-state index in [1.807, 2.05) is 54.8 Å². The summed E-state index contributed by atoms with van der Waals surface area (Å²) in [6, 6.07) is 16.4. The van der Waals surface area contributed by atoms with Gasteiger partial charge >= 0.3 is 0 Å². The fourth-order valence-electron chi connectivity index (χ4n) is 2.19. The predicted molar refractivity (Wildman–Crippen MR) is 106 cm³/mol. The number of thiazole rings is 1. The van der Waals surface area contributed by atoms with Crippen LogP contribution in [0.1, 0.15) is 12.5 Å². The van der Waals surface area contributed by atoms with Crippen LogP contribution in [0.2, 0.25) is 0 Å². The molecule has 0 aliphatic heterocycles. The molecule has 0 saturated carbocycles. The van der Waals surface area contributed by atoms with Gasteiger partial charge in [-0.2, -0.15) is 5.10 Å². The molecule has 0 fully saturated rings. The lowest BCUT2D eigenvalue weighted by atomic mass is 10.1. The van der Waals surface area contributed by atoms with Crippen molar-refractivity contribution in [2.45, 2.75) is 6.92 Å². The van der Waals surface area contributed by atoms with E-state index in [1.54, 1.807) is 12.1 Å². The number of hydrazone groups is 1. The molecule has 6 nitrogen and oxygen atoms in total. The van der Waals surface area contributed by atoms with E-state index in [0.717, 1.165) is 11.3 Å². The highest BCUT2D eigenvalue weighted by molar-refractivity contribution is 7.14. The fraction of sp³-hybridized carbons (Fsp3) is 0.0526. The molecule has 0 aliphatic carbocycles. The third kappa shape index (κ3) is 4.61. The zero-order chi connectivity index (χ0) is 18.4. The van der Waals surface area contributed by atoms with Crippen molar-refractivity contribution in [3.05, 3.63) is 81.7 Å². The summed E-state index contributed by atoms with van der Waals surface area (Å²) in [5.41, 5.74) is 6.25. The van der Waals surface area contributed by atoms with Gasteiger partial charge in [-0.1, -0.05) is 48.5 Å². The predicted octanol–water partition coefficient (Wildman–Crippen LogP) is 5.22. The SMILES string of the molecule is CC(/C=C/c1ccccc1)=N/Nc1nc(-c2cccc([N+](=O)[O-])c2)cs1. The maximum absolute atomic E-state index is 10.9. The monoisotopic (exact) mass is 364 g/mol. The van der Waals surface area contributed by atoms with Crippen LogP contribution in [0.15, 0.2) is 71.2 Å². The van der Waals surface area contributed by atoms with Crippen molar-refractivity contribution in [1.29, 1.82) is 0 Å². The number of rotatable bonds is 6. The normalized spacial score (nSPS) is 11.7. The van der Waals surface area contributed by atoms with Crippen LogP contribution in [-0.4, -0.2) is 15.6 Å². The first-order valence-electron chi connectivity index (χ1n) is 7.85. The summed E-state index contributed by atoms with van der Waals surface area (Å²) in [7, 11) is 0. The maximum Gasteiger partial charge on any atom is 0.270 e. The van der Waals surface area contributed by atoms with E-state index in [9.17, 15) is 10.1 Å². The van der Waals surface area contributed by atoms with Crippen molar-refractivity contribution in [3.63, 3.8) is 0 Å². The Balaban J connectivity index is 1.67. The Morgan fingerprint density at radius 3 is 2.81 bits per heavy atom. The van der Waals surface area contributed by atoms with Gasteiger partial charge in [0, 0.05) is 23.1 Å². The molecule has 3 aromatic rings. The summed E-state index contributed by atoms with van der Waals surface area (Å²) < 4.78 is 0. The van der Waals surface area contributed by atoms with Gasteiger partial charge in [0.15, 0.2) is 0 Å². The van der Waals surface area contributed by atoms with Crippen LogP contribution >= 0.6 is 11.3 Å². The zero-order valence-corrected chi connectivity index (χ0v) is 14.8. The average molecular weight is 364 g/mol. The van der Waals surface area contributed by atoms with Gasteiger partial charge in [0.25, 0.3) is 5.69 Å². The Morgan fingerprint density at radius 1 is 1.23 bits per heavy atom. The smallest absolute Gasteiger partial charge is 0.258 e. The summed E-state index contributed by atoms with van der Waals surface area (Å²) in [6.07, 6.45) is 3.90. The second-order valence-corrected chi connectivity index (χ2v) is 6.31. The molecule has 26 heavy (non-hydrogen) atoms. The Hall–Kier alpha value is -3.32. The Labute approximate surface area is 154 Å². The van der Waals surface area contributed by atoms with E-state index in [-0.39, 0.29) is 5.69 Å². The number of hydrogen-bond donors (Lipinski definition) is 1. The number of non-ortho nitro benzene ring substituents is 1. The molecule has 0 spiro atoms. The first-order chi connectivity index (χ1) is 12.6. The minimum absolute atomic E-state index is 0.0462. The molecule has 0 aliphatic rings. The standard InChI is InChI=1S/C19H16N4O2S/c1-14(10-11-15-6-3-2-4-7-15)21-22-19-20-18(13-26-19)16-8-5-9-17(12-16)23(24)25/h2-13H,1H3,(H,20,22)/b11-10+,21-14-. The van der Waals surface area contributed by atoms with Crippen molar-refractivity contribution in [2.24, 2.45) is 5.10 Å². The largest absolute Gasteiger partial charge is 0.270 e. The zero-order valence-electron chi connectivity index (χ0n) is 14.0. The van der Waals surface area contributed by atoms with E-state index in [2.05, 4.69) is 15.5 Å². The number of nitrogens with zero attached hydrogens (tertiary/aromatic N) is 3. The van der Waals surface area contributed by atoms with Crippen LogP contribution in [-0.2, 0) is 0 Å². The summed E-state index contributed by atoms with van der Waals surface area (Å²) in [5.74, 6) is 0. The van der Waals surface area contributed by atoms with Gasteiger partial charge in [0.1, 0.15) is 0 Å². The van der Waals surface area contributed by atoms with Gasteiger partial charge in [0.05, 0.1) is 16.3 Å². The number of nitro benzene ring substituents is 1. The van der Waals surface area contributed by atoms with E-state index in [1.165, 1.54) is 23.5 Å². The Morgan fingerprint density at radius 2 is 2.04 bits per heavy atom. The van der Waals surface area contributed by atoms with Gasteiger partial charge < -0.3 is 0 Å². The minimum atomic E-state index is -0.415. The number of aromatic nitrogens is 1. The van der Waals surface area contributed by atoms with Crippen LogP contribution < -0.4 is 5.43 Å². The highest BCUT2D eigenvalue weighted by Gasteiger charge is 2.09. The van der Waals surface area contributed by atoms with Crippen LogP contribution in [0.5, 0.6) is 0 Å². The molecule has 0 bridgehead atoms. The number of nitrogens with one attached hydrogen (secondary N) is 1. The Kier molecular flexibility index (Phi) is 5.50. The molecule has 1 N–H and O–H groups in total. The first kappa shape index (κ1) is 17.5. The second kappa shape index (κ2) is 8.17. The van der Waals surface area contributed by atoms with Gasteiger partial charge in [-0.05, 0) is 18.6 Å². The molecule has 2 aromatic carbocycles. The van der Waals surface area contributed by atoms with Crippen molar-refractivity contribution in [2.75, 3.05) is 5.43 Å². The molecule has 0 radical (unpaired) electrons. The molecule has 0 atom stereocenters. The molecule has 0 saturated heterocycles. The van der Waals surface area contributed by atoms with Crippen LogP contribution in [0.3, 0.4) is 0 Å². The maximum atomic E-state index is 10.9. The first-order valence-corrected chi connectivity index (χ1v) is 8.73. The molecular weight excluding hydrogens is 348 g/mol. The third-order valence-corrected chi connectivity index (χ3v) is 4.25. The van der Waals surface area contributed by atoms with Crippen molar-refractivity contribution in [3.8, 4) is 11.3 Å². The quantitative estimate of drug-likeness (QED) is 0.369. The summed E-state index contributed by atoms with van der Waals surface area (Å²) >= 11 is 1.39. The van der Waals surface area contributed by atoms with Gasteiger partial charge in [-0.15, -0.1) is 11.3 Å². The van der Waals surface area contributed by atoms with E-state index >= 15 is 0 Å². The summed E-state index contributed by atoms with van der Waals surface area (Å²) in [6.45, 7) is 1.89. The molecule has 0 unspecified atom stereocenters. The highest BCUT2D eigenvalue weighted by Crippen LogP contribution is 2.27. The van der Waals surface area contributed by atoms with Gasteiger partial charge in [0.2, 0.25) is 5.13 Å². The minimum Gasteiger partial charge on any atom is -0.258 e. The number of anilines is 1. The summed E-state index contributed by atoms with van der Waals surface area (Å²) in [4.78, 5) is 14.9. The number of nitro groups is 1. The van der Waals surface area contributed by atoms with Gasteiger partial charge in [-0.3, -0.25) is 15.5 Å². The van der Waals surface area contributed by atoms with E-state index < -0.39 is 4.92 Å². The Bertz CT molecular complexity index is 964. The average Bonchev–Trinajstić information content (AvgIpc) is 3.15. The van der Waals surface area contributed by atoms with Crippen molar-refractivity contribution < 1.29 is 4.92 Å². The molecule has 7 heteroatoms. The summed E-state index contributed by atoms with van der Waals surface area (Å²) in [5, 5.41) is 17.6. The van der Waals surface area contributed by atoms with E-state index in [0.29, 0.717) is 16.4 Å². The number of benzene rings is 2.